The van der Waals surface area contributed by atoms with Gasteiger partial charge in [0, 0.05) is 38.7 Å². The Kier molecular flexibility index (Phi) is 5.28. The van der Waals surface area contributed by atoms with Crippen LogP contribution in [-0.4, -0.2) is 41.2 Å². The van der Waals surface area contributed by atoms with Crippen molar-refractivity contribution in [3.63, 3.8) is 0 Å². The fraction of sp³-hybridized carbons (Fsp3) is 0.357. The van der Waals surface area contributed by atoms with Gasteiger partial charge in [0.2, 0.25) is 0 Å². The van der Waals surface area contributed by atoms with Gasteiger partial charge in [-0.05, 0) is 11.6 Å². The van der Waals surface area contributed by atoms with E-state index < -0.39 is 6.09 Å². The molecule has 0 spiro atoms. The Hall–Kier alpha value is -2.41. The third kappa shape index (κ3) is 4.57. The van der Waals surface area contributed by atoms with Crippen LogP contribution in [0.25, 0.3) is 11.3 Å². The van der Waals surface area contributed by atoms with E-state index in [2.05, 4.69) is 15.4 Å². The molecule has 0 saturated carbocycles. The molecule has 112 valence electrons. The van der Waals surface area contributed by atoms with Crippen LogP contribution < -0.4 is 5.32 Å². The quantitative estimate of drug-likeness (QED) is 0.813. The largest absolute Gasteiger partial charge is 0.447 e. The molecule has 0 aliphatic rings. The van der Waals surface area contributed by atoms with E-state index in [1.807, 2.05) is 25.4 Å². The first-order valence-electron chi connectivity index (χ1n) is 6.52. The Morgan fingerprint density at radius 1 is 1.33 bits per heavy atom. The normalized spacial score (nSPS) is 10.4. The summed E-state index contributed by atoms with van der Waals surface area (Å²) in [6.45, 7) is 0.988. The Labute approximate surface area is 122 Å². The second-order valence-electron chi connectivity index (χ2n) is 4.44. The van der Waals surface area contributed by atoms with Crippen molar-refractivity contribution < 1.29 is 14.3 Å². The zero-order valence-electron chi connectivity index (χ0n) is 12.1. The molecule has 1 N–H and O–H groups in total. The van der Waals surface area contributed by atoms with Gasteiger partial charge in [-0.1, -0.05) is 6.07 Å². The number of nitrogens with one attached hydrogen (secondary N) is 1. The number of pyridine rings is 1. The molecule has 21 heavy (non-hydrogen) atoms. The number of aryl methyl sites for hydroxylation is 1. The minimum atomic E-state index is -0.469. The average molecular weight is 290 g/mol. The number of hydrogen-bond donors (Lipinski definition) is 1. The van der Waals surface area contributed by atoms with Crippen LogP contribution in [0.5, 0.6) is 0 Å². The van der Waals surface area contributed by atoms with E-state index in [0.717, 1.165) is 16.8 Å². The van der Waals surface area contributed by atoms with Crippen LogP contribution in [0, 0.1) is 0 Å². The van der Waals surface area contributed by atoms with Crippen molar-refractivity contribution in [2.45, 2.75) is 6.54 Å². The van der Waals surface area contributed by atoms with E-state index in [-0.39, 0.29) is 6.61 Å². The number of rotatable bonds is 6. The van der Waals surface area contributed by atoms with Crippen LogP contribution in [-0.2, 0) is 23.1 Å². The van der Waals surface area contributed by atoms with Gasteiger partial charge in [0.15, 0.2) is 0 Å². The highest BCUT2D eigenvalue weighted by Crippen LogP contribution is 2.15. The highest BCUT2D eigenvalue weighted by Gasteiger charge is 2.04. The molecule has 0 atom stereocenters. The Morgan fingerprint density at radius 2 is 2.19 bits per heavy atom. The standard InChI is InChI=1S/C14H18N4O3/c1-18-10-12(9-17-18)13-4-3-11(7-15-13)8-16-14(19)21-6-5-20-2/h3-4,7,9-10H,5-6,8H2,1-2H3,(H,16,19). The second-order valence-corrected chi connectivity index (χ2v) is 4.44. The molecule has 0 aliphatic heterocycles. The van der Waals surface area contributed by atoms with E-state index in [1.54, 1.807) is 24.2 Å². The maximum atomic E-state index is 11.4. The summed E-state index contributed by atoms with van der Waals surface area (Å²) in [4.78, 5) is 15.7. The maximum absolute atomic E-state index is 11.4. The molecule has 1 amide bonds. The number of nitrogens with zero attached hydrogens (tertiary/aromatic N) is 3. The van der Waals surface area contributed by atoms with Crippen molar-refractivity contribution in [3.05, 3.63) is 36.3 Å². The number of carbonyl (C=O) groups excluding carboxylic acids is 1. The molecule has 2 aromatic heterocycles. The lowest BCUT2D eigenvalue weighted by Gasteiger charge is -2.06. The van der Waals surface area contributed by atoms with Crippen molar-refractivity contribution >= 4 is 6.09 Å². The molecule has 7 nitrogen and oxygen atoms in total. The van der Waals surface area contributed by atoms with Gasteiger partial charge in [-0.3, -0.25) is 9.67 Å². The van der Waals surface area contributed by atoms with E-state index in [4.69, 9.17) is 9.47 Å². The van der Waals surface area contributed by atoms with Gasteiger partial charge in [-0.2, -0.15) is 5.10 Å². The van der Waals surface area contributed by atoms with Crippen molar-refractivity contribution in [2.75, 3.05) is 20.3 Å². The fourth-order valence-electron chi connectivity index (χ4n) is 1.70. The lowest BCUT2D eigenvalue weighted by Crippen LogP contribution is -2.25. The van der Waals surface area contributed by atoms with Gasteiger partial charge in [-0.25, -0.2) is 4.79 Å². The summed E-state index contributed by atoms with van der Waals surface area (Å²) in [6, 6.07) is 3.80. The number of amides is 1. The number of aromatic nitrogens is 3. The first-order valence-corrected chi connectivity index (χ1v) is 6.52. The van der Waals surface area contributed by atoms with E-state index >= 15 is 0 Å². The topological polar surface area (TPSA) is 78.3 Å². The summed E-state index contributed by atoms with van der Waals surface area (Å²) in [5, 5.41) is 6.75. The molecular formula is C14H18N4O3. The predicted octanol–water partition coefficient (Wildman–Crippen LogP) is 1.35. The van der Waals surface area contributed by atoms with Crippen LogP contribution in [0.1, 0.15) is 5.56 Å². The number of hydrogen-bond acceptors (Lipinski definition) is 5. The SMILES string of the molecule is COCCOC(=O)NCc1ccc(-c2cnn(C)c2)nc1. The predicted molar refractivity (Wildman–Crippen MR) is 76.5 cm³/mol. The van der Waals surface area contributed by atoms with E-state index in [1.165, 1.54) is 0 Å². The lowest BCUT2D eigenvalue weighted by atomic mass is 10.2. The Bertz CT molecular complexity index is 580. The highest BCUT2D eigenvalue weighted by atomic mass is 16.6. The molecule has 0 aliphatic carbocycles. The fourth-order valence-corrected chi connectivity index (χ4v) is 1.70. The Balaban J connectivity index is 1.84. The molecule has 2 aromatic rings. The molecule has 0 bridgehead atoms. The van der Waals surface area contributed by atoms with Crippen molar-refractivity contribution in [3.8, 4) is 11.3 Å². The van der Waals surface area contributed by atoms with Gasteiger partial charge in [0.05, 0.1) is 18.5 Å². The summed E-state index contributed by atoms with van der Waals surface area (Å²) >= 11 is 0. The van der Waals surface area contributed by atoms with Crippen molar-refractivity contribution in [2.24, 2.45) is 7.05 Å². The first kappa shape index (κ1) is 15.0. The van der Waals surface area contributed by atoms with Crippen LogP contribution in [0.15, 0.2) is 30.7 Å². The number of alkyl carbamates (subject to hydrolysis) is 1. The molecule has 7 heteroatoms. The third-order valence-corrected chi connectivity index (χ3v) is 2.78. The summed E-state index contributed by atoms with van der Waals surface area (Å²) in [7, 11) is 3.41. The Morgan fingerprint density at radius 3 is 2.81 bits per heavy atom. The highest BCUT2D eigenvalue weighted by molar-refractivity contribution is 5.67. The van der Waals surface area contributed by atoms with Crippen LogP contribution in [0.3, 0.4) is 0 Å². The van der Waals surface area contributed by atoms with E-state index in [9.17, 15) is 4.79 Å². The minimum Gasteiger partial charge on any atom is -0.447 e. The van der Waals surface area contributed by atoms with Crippen LogP contribution in [0.4, 0.5) is 4.79 Å². The van der Waals surface area contributed by atoms with Gasteiger partial charge in [0.25, 0.3) is 0 Å². The van der Waals surface area contributed by atoms with Gasteiger partial charge < -0.3 is 14.8 Å². The molecule has 0 fully saturated rings. The smallest absolute Gasteiger partial charge is 0.407 e. The minimum absolute atomic E-state index is 0.237. The molecule has 0 aromatic carbocycles. The summed E-state index contributed by atoms with van der Waals surface area (Å²) in [5.74, 6) is 0. The molecular weight excluding hydrogens is 272 g/mol. The molecule has 2 heterocycles. The summed E-state index contributed by atoms with van der Waals surface area (Å²) in [5.41, 5.74) is 2.69. The van der Waals surface area contributed by atoms with Crippen molar-refractivity contribution in [1.29, 1.82) is 0 Å². The van der Waals surface area contributed by atoms with Gasteiger partial charge in [0.1, 0.15) is 6.61 Å². The zero-order chi connectivity index (χ0) is 15.1. The monoisotopic (exact) mass is 290 g/mol. The number of carbonyl (C=O) groups is 1. The second kappa shape index (κ2) is 7.39. The van der Waals surface area contributed by atoms with E-state index in [0.29, 0.717) is 13.2 Å². The number of methoxy groups -OCH3 is 1. The third-order valence-electron chi connectivity index (χ3n) is 2.78. The van der Waals surface area contributed by atoms with Gasteiger partial charge >= 0.3 is 6.09 Å². The summed E-state index contributed by atoms with van der Waals surface area (Å²) < 4.78 is 11.4. The average Bonchev–Trinajstić information content (AvgIpc) is 2.92. The molecule has 0 radical (unpaired) electrons. The first-order chi connectivity index (χ1) is 10.2. The van der Waals surface area contributed by atoms with Crippen molar-refractivity contribution in [1.82, 2.24) is 20.1 Å². The molecule has 0 unspecified atom stereocenters. The summed E-state index contributed by atoms with van der Waals surface area (Å²) in [6.07, 6.45) is 4.90. The zero-order valence-corrected chi connectivity index (χ0v) is 12.1. The molecule has 0 saturated heterocycles. The van der Waals surface area contributed by atoms with Crippen LogP contribution >= 0.6 is 0 Å². The number of ether oxygens (including phenoxy) is 2. The van der Waals surface area contributed by atoms with Crippen LogP contribution in [0.2, 0.25) is 0 Å². The lowest BCUT2D eigenvalue weighted by molar-refractivity contribution is 0.0983. The molecule has 2 rings (SSSR count). The van der Waals surface area contributed by atoms with Gasteiger partial charge in [-0.15, -0.1) is 0 Å². The maximum Gasteiger partial charge on any atom is 0.407 e.